The third-order valence-corrected chi connectivity index (χ3v) is 23.1. The minimum atomic E-state index is -4.05. The van der Waals surface area contributed by atoms with Crippen molar-refractivity contribution < 1.29 is 25.3 Å². The van der Waals surface area contributed by atoms with Crippen molar-refractivity contribution in [2.24, 2.45) is 0 Å². The molecular formula is C71H60N8O6S3. The monoisotopic (exact) mass is 1220 g/mol. The van der Waals surface area contributed by atoms with Gasteiger partial charge in [-0.05, 0) is 115 Å². The third kappa shape index (κ3) is 10.2. The molecule has 17 heteroatoms. The van der Waals surface area contributed by atoms with Crippen molar-refractivity contribution in [1.82, 2.24) is 38.3 Å². The molecule has 0 saturated heterocycles. The van der Waals surface area contributed by atoms with Crippen molar-refractivity contribution in [3.8, 4) is 22.3 Å². The fourth-order valence-electron chi connectivity index (χ4n) is 13.6. The average molecular weight is 1220 g/mol. The maximum atomic E-state index is 15.3. The zero-order chi connectivity index (χ0) is 59.7. The number of hydrogen-bond acceptors (Lipinski definition) is 8. The Kier molecular flexibility index (Phi) is 14.0. The van der Waals surface area contributed by atoms with E-state index in [1.165, 1.54) is 0 Å². The molecule has 0 bridgehead atoms. The van der Waals surface area contributed by atoms with Crippen molar-refractivity contribution in [2.75, 3.05) is 19.6 Å². The van der Waals surface area contributed by atoms with Crippen LogP contribution in [0, 0.1) is 0 Å². The smallest absolute Gasteiger partial charge is 0.219 e. The lowest BCUT2D eigenvalue weighted by atomic mass is 9.88. The van der Waals surface area contributed by atoms with Crippen LogP contribution in [0.5, 0.6) is 0 Å². The lowest BCUT2D eigenvalue weighted by molar-refractivity contribution is 0.339. The van der Waals surface area contributed by atoms with Gasteiger partial charge in [0, 0.05) is 53.1 Å². The first-order valence-corrected chi connectivity index (χ1v) is 34.3. The van der Waals surface area contributed by atoms with Gasteiger partial charge < -0.3 is 4.98 Å². The Labute approximate surface area is 511 Å². The Morgan fingerprint density at radius 3 is 1.68 bits per heavy atom. The molecule has 0 amide bonds. The molecule has 3 aromatic heterocycles. The van der Waals surface area contributed by atoms with Gasteiger partial charge in [0.25, 0.3) is 0 Å². The molecule has 3 N–H and O–H groups in total. The van der Waals surface area contributed by atoms with Gasteiger partial charge in [0.2, 0.25) is 30.1 Å². The summed E-state index contributed by atoms with van der Waals surface area (Å²) in [5.41, 5.74) is 15.3. The van der Waals surface area contributed by atoms with Crippen molar-refractivity contribution >= 4 is 68.9 Å². The van der Waals surface area contributed by atoms with Gasteiger partial charge in [-0.1, -0.05) is 194 Å². The molecule has 3 atom stereocenters. The first-order chi connectivity index (χ1) is 42.8. The van der Waals surface area contributed by atoms with Gasteiger partial charge in [-0.25, -0.2) is 25.3 Å². The van der Waals surface area contributed by atoms with E-state index in [1.807, 2.05) is 212 Å². The van der Waals surface area contributed by atoms with Crippen LogP contribution in [0.25, 0.3) is 61.0 Å². The summed E-state index contributed by atoms with van der Waals surface area (Å²) >= 11 is 0. The van der Waals surface area contributed by atoms with Crippen LogP contribution in [-0.2, 0) is 60.2 Å². The first kappa shape index (κ1) is 55.5. The highest BCUT2D eigenvalue weighted by Gasteiger charge is 2.41. The summed E-state index contributed by atoms with van der Waals surface area (Å²) in [7, 11) is -11.8. The van der Waals surface area contributed by atoms with Crippen LogP contribution < -0.4 is 0 Å². The minimum absolute atomic E-state index is 0.156. The molecule has 0 unspecified atom stereocenters. The number of rotatable bonds is 14. The largest absolute Gasteiger partial charge is 0.361 e. The molecule has 0 radical (unpaired) electrons. The highest BCUT2D eigenvalue weighted by Crippen LogP contribution is 2.45. The fraction of sp³-hybridized carbons (Fsp3) is 0.155. The molecule has 12 aromatic rings. The van der Waals surface area contributed by atoms with Gasteiger partial charge in [-0.15, -0.1) is 0 Å². The summed E-state index contributed by atoms with van der Waals surface area (Å²) in [5, 5.41) is 18.4. The van der Waals surface area contributed by atoms with Crippen LogP contribution in [0.2, 0.25) is 0 Å². The summed E-state index contributed by atoms with van der Waals surface area (Å²) in [6.07, 6.45) is 6.89. The van der Waals surface area contributed by atoms with Crippen LogP contribution in [0.1, 0.15) is 85.1 Å². The van der Waals surface area contributed by atoms with Gasteiger partial charge in [-0.3, -0.25) is 10.2 Å². The van der Waals surface area contributed by atoms with Crippen LogP contribution in [-0.4, -0.2) is 83.2 Å². The molecule has 9 aromatic carbocycles. The van der Waals surface area contributed by atoms with Gasteiger partial charge in [0.1, 0.15) is 0 Å². The molecule has 15 rings (SSSR count). The zero-order valence-corrected chi connectivity index (χ0v) is 50.2. The van der Waals surface area contributed by atoms with Gasteiger partial charge in [-0.2, -0.15) is 23.1 Å². The predicted molar refractivity (Wildman–Crippen MR) is 347 cm³/mol. The lowest BCUT2D eigenvalue weighted by Gasteiger charge is -2.36. The van der Waals surface area contributed by atoms with E-state index in [4.69, 9.17) is 5.10 Å². The van der Waals surface area contributed by atoms with Crippen LogP contribution >= 0.6 is 0 Å². The molecule has 14 nitrogen and oxygen atoms in total. The molecule has 0 saturated carbocycles. The molecule has 88 heavy (non-hydrogen) atoms. The number of hydrogen-bond donors (Lipinski definition) is 3. The molecule has 3 aliphatic rings. The number of nitrogens with one attached hydrogen (secondary N) is 3. The number of sulfonamides is 3. The van der Waals surface area contributed by atoms with E-state index < -0.39 is 48.2 Å². The molecule has 0 spiro atoms. The van der Waals surface area contributed by atoms with E-state index >= 15 is 8.42 Å². The predicted octanol–water partition coefficient (Wildman–Crippen LogP) is 13.2. The standard InChI is InChI=1S/C71H60N8O6S3/c80-86(81,44-47-15-2-1-3-16-47)79-38-35-52-30-31-55(41-61(52)71(79)67-60-27-9-11-29-65(60)73-75-67)53-21-12-18-49(39-53)46-88(84,85)78-37-34-51-20-5-7-25-58(51)70(78)68-62-42-56(32-33-66(62)74-76-68)54-22-13-17-48(40-54)45-87(82,83)77-36-14-23-50-19-4-6-24-57(50)69(77)63-43-72-64-28-10-8-26-59(63)64/h1-33,39-43,69-72H,34-38,44-46H2,(H,73,75)(H,74,76)/t69-,70+,71-/m0/s1. The maximum absolute atomic E-state index is 15.3. The summed E-state index contributed by atoms with van der Waals surface area (Å²) in [4.78, 5) is 3.38. The number of fused-ring (bicyclic) bond motifs is 6. The number of benzene rings is 9. The van der Waals surface area contributed by atoms with E-state index in [1.54, 1.807) is 12.9 Å². The Hall–Kier alpha value is -9.07. The van der Waals surface area contributed by atoms with Crippen LogP contribution in [0.4, 0.5) is 0 Å². The summed E-state index contributed by atoms with van der Waals surface area (Å²) in [6, 6.07) is 66.1. The molecule has 0 aliphatic carbocycles. The SMILES string of the molecule is O=S(=O)(Cc1cccc(-c2ccc3c(c2)[C@@H](c2[nH]nc4ccccc24)N(S(=O)(=O)Cc2ccccc2)CC3)c1)N1CCc2ccccc2[C@@H]1c1[nH]nc2ccc(-c3cccc(CS(=O)(=O)N4CC=Cc5ccccc5[C@H]4c4c[nH]c5ccccc45)c3)cc12. The van der Waals surface area contributed by atoms with Crippen molar-refractivity contribution in [2.45, 2.75) is 48.2 Å². The van der Waals surface area contributed by atoms with Gasteiger partial charge in [0.15, 0.2) is 0 Å². The second-order valence-corrected chi connectivity index (χ2v) is 28.9. The fourth-order valence-corrected chi connectivity index (χ4v) is 18.6. The summed E-state index contributed by atoms with van der Waals surface area (Å²) < 4.78 is 94.6. The van der Waals surface area contributed by atoms with Crippen molar-refractivity contribution in [3.05, 3.63) is 292 Å². The lowest BCUT2D eigenvalue weighted by Crippen LogP contribution is -2.41. The number of aromatic nitrogens is 5. The van der Waals surface area contributed by atoms with E-state index in [2.05, 4.69) is 38.5 Å². The Morgan fingerprint density at radius 1 is 0.409 bits per heavy atom. The van der Waals surface area contributed by atoms with E-state index in [-0.39, 0.29) is 36.9 Å². The van der Waals surface area contributed by atoms with E-state index in [0.717, 1.165) is 88.4 Å². The Bertz CT molecular complexity index is 5080. The highest BCUT2D eigenvalue weighted by atomic mass is 32.2. The van der Waals surface area contributed by atoms with Crippen molar-refractivity contribution in [1.29, 1.82) is 0 Å². The number of H-pyrrole nitrogens is 3. The highest BCUT2D eigenvalue weighted by molar-refractivity contribution is 7.88. The van der Waals surface area contributed by atoms with E-state index in [0.29, 0.717) is 46.4 Å². The van der Waals surface area contributed by atoms with Crippen LogP contribution in [0.15, 0.2) is 225 Å². The van der Waals surface area contributed by atoms with Gasteiger partial charge >= 0.3 is 0 Å². The topological polar surface area (TPSA) is 185 Å². The number of para-hydroxylation sites is 2. The summed E-state index contributed by atoms with van der Waals surface area (Å²) in [6.45, 7) is 0.714. The van der Waals surface area contributed by atoms with E-state index in [9.17, 15) is 16.8 Å². The third-order valence-electron chi connectivity index (χ3n) is 17.8. The summed E-state index contributed by atoms with van der Waals surface area (Å²) in [5.74, 6) is -0.673. The second kappa shape index (κ2) is 22.3. The maximum Gasteiger partial charge on any atom is 0.219 e. The molecule has 6 heterocycles. The molecule has 438 valence electrons. The second-order valence-electron chi connectivity index (χ2n) is 23.1. The van der Waals surface area contributed by atoms with Gasteiger partial charge in [0.05, 0.1) is 57.8 Å². The quantitative estimate of drug-likeness (QED) is 0.0960. The number of aromatic amines is 3. The normalized spacial score (nSPS) is 17.7. The Morgan fingerprint density at radius 2 is 0.943 bits per heavy atom. The molecular weight excluding hydrogens is 1160 g/mol. The average Bonchev–Trinajstić information content (AvgIpc) is 2.52. The molecule has 0 fully saturated rings. The first-order valence-electron chi connectivity index (χ1n) is 29.5. The van der Waals surface area contributed by atoms with Crippen molar-refractivity contribution in [3.63, 3.8) is 0 Å². The number of nitrogens with zero attached hydrogens (tertiary/aromatic N) is 5. The van der Waals surface area contributed by atoms with Crippen LogP contribution in [0.3, 0.4) is 0 Å². The Balaban J connectivity index is 0.732. The molecule has 3 aliphatic heterocycles. The minimum Gasteiger partial charge on any atom is -0.361 e. The zero-order valence-electron chi connectivity index (χ0n) is 47.7.